The second kappa shape index (κ2) is 9.48. The van der Waals surface area contributed by atoms with Gasteiger partial charge < -0.3 is 9.47 Å². The number of carbonyl (C=O) groups is 3. The van der Waals surface area contributed by atoms with Crippen LogP contribution < -0.4 is 9.47 Å². The Morgan fingerprint density at radius 1 is 1.12 bits per heavy atom. The van der Waals surface area contributed by atoms with E-state index < -0.39 is 32.6 Å². The van der Waals surface area contributed by atoms with E-state index in [-0.39, 0.29) is 39.8 Å². The summed E-state index contributed by atoms with van der Waals surface area (Å²) in [6.45, 7) is 0.763. The first-order valence-corrected chi connectivity index (χ1v) is 9.97. The van der Waals surface area contributed by atoms with Crippen molar-refractivity contribution in [3.63, 3.8) is 0 Å². The van der Waals surface area contributed by atoms with Crippen molar-refractivity contribution >= 4 is 46.3 Å². The van der Waals surface area contributed by atoms with Crippen molar-refractivity contribution in [3.05, 3.63) is 72.7 Å². The first-order valence-electron chi connectivity index (χ1n) is 9.15. The van der Waals surface area contributed by atoms with Gasteiger partial charge in [0, 0.05) is 24.1 Å². The molecular formula is C20H15N3O9S. The highest BCUT2D eigenvalue weighted by molar-refractivity contribution is 8.18. The van der Waals surface area contributed by atoms with E-state index in [9.17, 15) is 34.6 Å². The van der Waals surface area contributed by atoms with E-state index in [0.29, 0.717) is 11.8 Å². The molecule has 33 heavy (non-hydrogen) atoms. The number of nitrogens with zero attached hydrogens (tertiary/aromatic N) is 3. The Hall–Kier alpha value is -4.26. The number of ether oxygens (including phenoxy) is 2. The number of nitro groups is 2. The number of thioether (sulfide) groups is 1. The summed E-state index contributed by atoms with van der Waals surface area (Å²) in [5, 5.41) is 22.1. The summed E-state index contributed by atoms with van der Waals surface area (Å²) < 4.78 is 9.98. The maximum atomic E-state index is 12.8. The van der Waals surface area contributed by atoms with Crippen LogP contribution in [-0.4, -0.2) is 39.0 Å². The van der Waals surface area contributed by atoms with E-state index in [1.54, 1.807) is 6.07 Å². The summed E-state index contributed by atoms with van der Waals surface area (Å²) in [5.41, 5.74) is -0.597. The average Bonchev–Trinajstić information content (AvgIpc) is 3.01. The van der Waals surface area contributed by atoms with Gasteiger partial charge in [-0.3, -0.25) is 39.5 Å². The second-order valence-electron chi connectivity index (χ2n) is 6.54. The van der Waals surface area contributed by atoms with E-state index in [1.165, 1.54) is 36.4 Å². The van der Waals surface area contributed by atoms with Crippen molar-refractivity contribution in [2.24, 2.45) is 0 Å². The molecule has 1 aliphatic heterocycles. The largest absolute Gasteiger partial charge is 0.490 e. The Morgan fingerprint density at radius 3 is 2.42 bits per heavy atom. The number of rotatable bonds is 7. The fourth-order valence-corrected chi connectivity index (χ4v) is 3.91. The van der Waals surface area contributed by atoms with Gasteiger partial charge in [0.05, 0.1) is 28.4 Å². The summed E-state index contributed by atoms with van der Waals surface area (Å²) >= 11 is 0.576. The molecule has 1 saturated heterocycles. The first-order chi connectivity index (χ1) is 15.6. The van der Waals surface area contributed by atoms with Crippen molar-refractivity contribution in [1.29, 1.82) is 0 Å². The van der Waals surface area contributed by atoms with E-state index in [2.05, 4.69) is 0 Å². The van der Waals surface area contributed by atoms with Gasteiger partial charge in [-0.05, 0) is 30.0 Å². The third-order valence-corrected chi connectivity index (χ3v) is 5.35. The summed E-state index contributed by atoms with van der Waals surface area (Å²) in [6, 6.07) is 8.22. The molecule has 2 amide bonds. The maximum absolute atomic E-state index is 12.8. The predicted molar refractivity (Wildman–Crippen MR) is 116 cm³/mol. The van der Waals surface area contributed by atoms with Gasteiger partial charge >= 0.3 is 11.7 Å². The molecule has 1 heterocycles. The summed E-state index contributed by atoms with van der Waals surface area (Å²) in [5.74, 6) is -2.11. The number of benzene rings is 2. The molecule has 1 fully saturated rings. The van der Waals surface area contributed by atoms with Crippen LogP contribution in [0.25, 0.3) is 6.08 Å². The fourth-order valence-electron chi connectivity index (χ4n) is 3.08. The lowest BCUT2D eigenvalue weighted by molar-refractivity contribution is -0.386. The highest BCUT2D eigenvalue weighted by atomic mass is 32.2. The van der Waals surface area contributed by atoms with E-state index in [4.69, 9.17) is 9.47 Å². The lowest BCUT2D eigenvalue weighted by atomic mass is 10.1. The number of esters is 1. The second-order valence-corrected chi connectivity index (χ2v) is 7.53. The number of amides is 2. The van der Waals surface area contributed by atoms with Crippen LogP contribution in [0.3, 0.4) is 0 Å². The van der Waals surface area contributed by atoms with Crippen molar-refractivity contribution in [2.45, 2.75) is 13.5 Å². The molecule has 0 N–H and O–H groups in total. The topological polar surface area (TPSA) is 159 Å². The minimum atomic E-state index is -0.797. The number of imide groups is 1. The van der Waals surface area contributed by atoms with E-state index in [0.717, 1.165) is 18.9 Å². The maximum Gasteiger partial charge on any atom is 0.353 e. The Labute approximate surface area is 190 Å². The van der Waals surface area contributed by atoms with Gasteiger partial charge in [-0.1, -0.05) is 18.2 Å². The van der Waals surface area contributed by atoms with Crippen LogP contribution in [0.5, 0.6) is 11.5 Å². The Morgan fingerprint density at radius 2 is 1.82 bits per heavy atom. The number of carbonyl (C=O) groups excluding carboxylic acids is 3. The standard InChI is InChI=1S/C20H15N3O9S/c1-11(24)32-15-8-7-12(18(31-2)17(15)23(29)30)9-16-19(25)21(20(26)33-16)10-13-5-3-4-6-14(13)22(27)28/h3-9H,10H2,1-2H3/b16-9-. The van der Waals surface area contributed by atoms with Crippen LogP contribution in [-0.2, 0) is 16.1 Å². The summed E-state index contributed by atoms with van der Waals surface area (Å²) in [7, 11) is 1.16. The average molecular weight is 473 g/mol. The molecule has 12 nitrogen and oxygen atoms in total. The molecule has 0 atom stereocenters. The molecule has 0 saturated carbocycles. The van der Waals surface area contributed by atoms with Gasteiger partial charge in [0.15, 0.2) is 0 Å². The Bertz CT molecular complexity index is 1230. The van der Waals surface area contributed by atoms with E-state index >= 15 is 0 Å². The Kier molecular flexibility index (Phi) is 6.72. The van der Waals surface area contributed by atoms with Gasteiger partial charge in [0.1, 0.15) is 0 Å². The van der Waals surface area contributed by atoms with Gasteiger partial charge in [-0.25, -0.2) is 0 Å². The van der Waals surface area contributed by atoms with Crippen molar-refractivity contribution < 1.29 is 33.7 Å². The number of methoxy groups -OCH3 is 1. The SMILES string of the molecule is COc1c(/C=C2\SC(=O)N(Cc3ccccc3[N+](=O)[O-])C2=O)ccc(OC(C)=O)c1[N+](=O)[O-]. The summed E-state index contributed by atoms with van der Waals surface area (Å²) in [4.78, 5) is 58.7. The van der Waals surface area contributed by atoms with Gasteiger partial charge in [-0.2, -0.15) is 0 Å². The van der Waals surface area contributed by atoms with Crippen LogP contribution in [0.1, 0.15) is 18.1 Å². The lowest BCUT2D eigenvalue weighted by Gasteiger charge is -2.12. The van der Waals surface area contributed by atoms with Crippen molar-refractivity contribution in [2.75, 3.05) is 7.11 Å². The zero-order valence-corrected chi connectivity index (χ0v) is 18.0. The molecule has 2 aromatic rings. The lowest BCUT2D eigenvalue weighted by Crippen LogP contribution is -2.27. The summed E-state index contributed by atoms with van der Waals surface area (Å²) in [6.07, 6.45) is 1.23. The zero-order chi connectivity index (χ0) is 24.3. The van der Waals surface area contributed by atoms with Crippen LogP contribution in [0.15, 0.2) is 41.3 Å². The number of hydrogen-bond donors (Lipinski definition) is 0. The third-order valence-electron chi connectivity index (χ3n) is 4.44. The highest BCUT2D eigenvalue weighted by Gasteiger charge is 2.37. The number of hydrogen-bond acceptors (Lipinski definition) is 10. The van der Waals surface area contributed by atoms with Crippen LogP contribution in [0, 0.1) is 20.2 Å². The molecule has 0 unspecified atom stereocenters. The van der Waals surface area contributed by atoms with Gasteiger partial charge in [0.25, 0.3) is 16.8 Å². The highest BCUT2D eigenvalue weighted by Crippen LogP contribution is 2.42. The molecule has 1 aliphatic rings. The molecule has 2 aromatic carbocycles. The smallest absolute Gasteiger partial charge is 0.353 e. The van der Waals surface area contributed by atoms with Crippen LogP contribution >= 0.6 is 11.8 Å². The third kappa shape index (κ3) is 4.82. The molecular weight excluding hydrogens is 458 g/mol. The van der Waals surface area contributed by atoms with Gasteiger partial charge in [-0.15, -0.1) is 0 Å². The number of para-hydroxylation sites is 1. The predicted octanol–water partition coefficient (Wildman–Crippen LogP) is 3.67. The van der Waals surface area contributed by atoms with Gasteiger partial charge in [0.2, 0.25) is 11.5 Å². The molecule has 3 rings (SSSR count). The fraction of sp³-hybridized carbons (Fsp3) is 0.150. The molecule has 0 aromatic heterocycles. The van der Waals surface area contributed by atoms with Crippen molar-refractivity contribution in [3.8, 4) is 11.5 Å². The molecule has 0 bridgehead atoms. The molecule has 0 aliphatic carbocycles. The van der Waals surface area contributed by atoms with E-state index in [1.807, 2.05) is 0 Å². The molecule has 0 spiro atoms. The normalized spacial score (nSPS) is 14.5. The minimum Gasteiger partial charge on any atom is -0.490 e. The van der Waals surface area contributed by atoms with Crippen molar-refractivity contribution in [1.82, 2.24) is 4.90 Å². The molecule has 13 heteroatoms. The van der Waals surface area contributed by atoms with Crippen LogP contribution in [0.4, 0.5) is 16.2 Å². The Balaban J connectivity index is 1.98. The minimum absolute atomic E-state index is 0.0635. The zero-order valence-electron chi connectivity index (χ0n) is 17.2. The quantitative estimate of drug-likeness (QED) is 0.191. The number of nitro benzene ring substituents is 2. The molecule has 0 radical (unpaired) electrons. The van der Waals surface area contributed by atoms with Crippen LogP contribution in [0.2, 0.25) is 0 Å². The molecule has 170 valence electrons. The first kappa shape index (κ1) is 23.4. The monoisotopic (exact) mass is 473 g/mol.